The second kappa shape index (κ2) is 5.64. The van der Waals surface area contributed by atoms with Crippen LogP contribution in [0.1, 0.15) is 0 Å². The van der Waals surface area contributed by atoms with Crippen molar-refractivity contribution in [1.29, 1.82) is 0 Å². The first kappa shape index (κ1) is 16.0. The summed E-state index contributed by atoms with van der Waals surface area (Å²) in [5.74, 6) is 0. The Balaban J connectivity index is 2.44. The Bertz CT molecular complexity index is 586. The Hall–Kier alpha value is 4.13. The topological polar surface area (TPSA) is 0 Å². The standard InChI is InChI=1S/C8I6S3/c9-1-5-3(15-7(1)11)4-6(17(5,13)14)2(10)8(12)16-4. The molecule has 0 amide bonds. The van der Waals surface area contributed by atoms with Gasteiger partial charge in [-0.2, -0.15) is 0 Å². The van der Waals surface area contributed by atoms with Gasteiger partial charge in [0.05, 0.1) is 22.7 Å². The van der Waals surface area contributed by atoms with Gasteiger partial charge in [0.25, 0.3) is 0 Å². The second-order valence-electron chi connectivity index (χ2n) is 3.16. The van der Waals surface area contributed by atoms with Crippen LogP contribution in [0.5, 0.6) is 0 Å². The lowest BCUT2D eigenvalue weighted by Gasteiger charge is -2.22. The molecule has 0 fully saturated rings. The Morgan fingerprint density at radius 2 is 1.06 bits per heavy atom. The van der Waals surface area contributed by atoms with Crippen LogP contribution < -0.4 is 0 Å². The number of fused-ring (bicyclic) bond motifs is 3. The van der Waals surface area contributed by atoms with Gasteiger partial charge >= 0.3 is 0 Å². The predicted molar refractivity (Wildman–Crippen MR) is 131 cm³/mol. The first-order valence-corrected chi connectivity index (χ1v) is 16.7. The zero-order valence-electron chi connectivity index (χ0n) is 7.49. The molecule has 0 unspecified atom stereocenters. The molecule has 0 saturated carbocycles. The summed E-state index contributed by atoms with van der Waals surface area (Å²) in [6.07, 6.45) is 0. The van der Waals surface area contributed by atoms with Gasteiger partial charge in [0.15, 0.2) is 0 Å². The van der Waals surface area contributed by atoms with Crippen molar-refractivity contribution in [3.05, 3.63) is 12.9 Å². The maximum atomic E-state index is 2.69. The summed E-state index contributed by atoms with van der Waals surface area (Å²) < 4.78 is 5.01. The van der Waals surface area contributed by atoms with Gasteiger partial charge in [-0.15, -0.1) is 22.7 Å². The van der Waals surface area contributed by atoms with Gasteiger partial charge in [-0.25, -0.2) is 0 Å². The maximum Gasteiger partial charge on any atom is 0.0805 e. The average molecular weight is 954 g/mol. The largest absolute Gasteiger partial charge is 0.126 e. The van der Waals surface area contributed by atoms with Crippen molar-refractivity contribution in [3.8, 4) is 9.75 Å². The number of thiophene rings is 2. The highest BCUT2D eigenvalue weighted by Gasteiger charge is 2.43. The SMILES string of the molecule is Ic1sc2c(c1I)S(I)(I)c1c-2sc(I)c1I. The maximum absolute atomic E-state index is 2.69. The first-order chi connectivity index (χ1) is 7.85. The number of rotatable bonds is 0. The van der Waals surface area contributed by atoms with E-state index in [-0.39, 0.29) is 0 Å². The summed E-state index contributed by atoms with van der Waals surface area (Å²) in [6.45, 7) is 0. The summed E-state index contributed by atoms with van der Waals surface area (Å²) in [7, 11) is 0. The van der Waals surface area contributed by atoms with Crippen molar-refractivity contribution in [2.45, 2.75) is 9.79 Å². The molecule has 9 heteroatoms. The molecule has 92 valence electrons. The zero-order valence-corrected chi connectivity index (χ0v) is 22.9. The second-order valence-corrected chi connectivity index (χ2v) is 25.7. The number of hydrogen-bond acceptors (Lipinski definition) is 2. The van der Waals surface area contributed by atoms with E-state index >= 15 is 0 Å². The molecule has 2 aromatic rings. The van der Waals surface area contributed by atoms with Crippen LogP contribution in [-0.4, -0.2) is 0 Å². The molecule has 17 heavy (non-hydrogen) atoms. The first-order valence-electron chi connectivity index (χ1n) is 4.04. The molecule has 0 radical (unpaired) electrons. The molecule has 2 aromatic heterocycles. The van der Waals surface area contributed by atoms with Crippen molar-refractivity contribution in [2.75, 3.05) is 0 Å². The lowest BCUT2D eigenvalue weighted by atomic mass is 10.4. The average Bonchev–Trinajstić information content (AvgIpc) is 2.75. The van der Waals surface area contributed by atoms with Crippen LogP contribution in [0.25, 0.3) is 9.75 Å². The van der Waals surface area contributed by atoms with Crippen LogP contribution in [0, 0.1) is 12.9 Å². The highest BCUT2D eigenvalue weighted by Crippen LogP contribution is 2.85. The zero-order chi connectivity index (χ0) is 12.5. The molecule has 3 heterocycles. The summed E-state index contributed by atoms with van der Waals surface area (Å²) in [6, 6.07) is 0. The van der Waals surface area contributed by atoms with E-state index in [0.29, 0.717) is 0 Å². The highest BCUT2D eigenvalue weighted by molar-refractivity contribution is 14.3. The molecule has 0 nitrogen and oxygen atoms in total. The summed E-state index contributed by atoms with van der Waals surface area (Å²) in [5, 5.41) is 0. The smallest absolute Gasteiger partial charge is 0.0805 e. The minimum Gasteiger partial charge on any atom is -0.126 e. The normalized spacial score (nSPS) is 18.0. The van der Waals surface area contributed by atoms with Crippen LogP contribution in [-0.2, 0) is 0 Å². The number of hydrogen-bond donors (Lipinski definition) is 0. The fraction of sp³-hybridized carbons (Fsp3) is 0. The van der Waals surface area contributed by atoms with Gasteiger partial charge in [-0.05, 0) is 133 Å². The highest BCUT2D eigenvalue weighted by atomic mass is 127. The van der Waals surface area contributed by atoms with Crippen LogP contribution >= 0.6 is 160 Å². The molecule has 0 saturated heterocycles. The molecule has 0 N–H and O–H groups in total. The minimum atomic E-state index is -0.848. The third kappa shape index (κ3) is 2.43. The molecule has 1 aliphatic heterocycles. The van der Waals surface area contributed by atoms with E-state index in [0.717, 1.165) is 0 Å². The molecule has 0 aromatic carbocycles. The van der Waals surface area contributed by atoms with Crippen molar-refractivity contribution in [2.24, 2.45) is 0 Å². The van der Waals surface area contributed by atoms with Crippen LogP contribution in [0.15, 0.2) is 9.79 Å². The summed E-state index contributed by atoms with van der Waals surface area (Å²) >= 11 is 19.3. The van der Waals surface area contributed by atoms with E-state index in [1.165, 1.54) is 12.9 Å². The van der Waals surface area contributed by atoms with E-state index in [1.807, 2.05) is 22.7 Å². The van der Waals surface area contributed by atoms with Crippen LogP contribution in [0.3, 0.4) is 0 Å². The van der Waals surface area contributed by atoms with Gasteiger partial charge in [0.1, 0.15) is 0 Å². The monoisotopic (exact) mass is 953 g/mol. The van der Waals surface area contributed by atoms with Crippen LogP contribution in [0.2, 0.25) is 0 Å². The third-order valence-electron chi connectivity index (χ3n) is 2.26. The van der Waals surface area contributed by atoms with E-state index in [1.54, 1.807) is 19.5 Å². The van der Waals surface area contributed by atoms with E-state index < -0.39 is 4.37 Å². The van der Waals surface area contributed by atoms with Crippen molar-refractivity contribution < 1.29 is 0 Å². The van der Waals surface area contributed by atoms with E-state index in [4.69, 9.17) is 0 Å². The molecule has 0 aliphatic carbocycles. The van der Waals surface area contributed by atoms with E-state index in [2.05, 4.69) is 133 Å². The lowest BCUT2D eigenvalue weighted by molar-refractivity contribution is 1.51. The predicted octanol–water partition coefficient (Wildman–Crippen LogP) is 8.13. The fourth-order valence-electron chi connectivity index (χ4n) is 1.60. The molecule has 1 aliphatic rings. The van der Waals surface area contributed by atoms with Gasteiger partial charge < -0.3 is 0 Å². The Kier molecular flexibility index (Phi) is 5.31. The Morgan fingerprint density at radius 3 is 1.41 bits per heavy atom. The molecule has 0 bridgehead atoms. The van der Waals surface area contributed by atoms with Gasteiger partial charge in [-0.1, -0.05) is 4.37 Å². The van der Waals surface area contributed by atoms with Gasteiger partial charge in [-0.3, -0.25) is 0 Å². The summed E-state index contributed by atoms with van der Waals surface area (Å²) in [5.41, 5.74) is 0. The molecular weight excluding hydrogens is 954 g/mol. The lowest BCUT2D eigenvalue weighted by Crippen LogP contribution is -1.84. The molecule has 0 atom stereocenters. The van der Waals surface area contributed by atoms with Crippen molar-refractivity contribution in [1.82, 2.24) is 0 Å². The van der Waals surface area contributed by atoms with Gasteiger partial charge in [0.2, 0.25) is 0 Å². The fourth-order valence-corrected chi connectivity index (χ4v) is 24.1. The minimum absolute atomic E-state index is 0.848. The van der Waals surface area contributed by atoms with Gasteiger partial charge in [0, 0.05) is 9.79 Å². The van der Waals surface area contributed by atoms with E-state index in [9.17, 15) is 0 Å². The van der Waals surface area contributed by atoms with Crippen molar-refractivity contribution >= 4 is 160 Å². The molecule has 0 spiro atoms. The Morgan fingerprint density at radius 1 is 0.706 bits per heavy atom. The molecule has 3 rings (SSSR count). The third-order valence-corrected chi connectivity index (χ3v) is 19.8. The summed E-state index contributed by atoms with van der Waals surface area (Å²) in [4.78, 5) is 6.31. The Labute approximate surface area is 187 Å². The van der Waals surface area contributed by atoms with Crippen molar-refractivity contribution in [3.63, 3.8) is 0 Å². The van der Waals surface area contributed by atoms with Crippen LogP contribution in [0.4, 0.5) is 0 Å². The quantitative estimate of drug-likeness (QED) is 0.235. The molecular formula is C8I6S3. The number of halogens is 6.